The normalized spacial score (nSPS) is 32.2. The molecule has 3 aliphatic rings. The third-order valence-electron chi connectivity index (χ3n) is 5.86. The molecule has 1 spiro atoms. The third-order valence-corrected chi connectivity index (χ3v) is 5.86. The van der Waals surface area contributed by atoms with Crippen LogP contribution in [0.3, 0.4) is 0 Å². The zero-order valence-electron chi connectivity index (χ0n) is 15.3. The van der Waals surface area contributed by atoms with Crippen molar-refractivity contribution in [2.24, 2.45) is 11.3 Å². The molecule has 3 heteroatoms. The Morgan fingerprint density at radius 2 is 1.92 bits per heavy atom. The summed E-state index contributed by atoms with van der Waals surface area (Å²) in [5.41, 5.74) is 1.38. The number of fused-ring (bicyclic) bond motifs is 1. The summed E-state index contributed by atoms with van der Waals surface area (Å²) < 4.78 is 18.6. The summed E-state index contributed by atoms with van der Waals surface area (Å²) in [6.07, 6.45) is 6.88. The van der Waals surface area contributed by atoms with Gasteiger partial charge in [0.2, 0.25) is 0 Å². The van der Waals surface area contributed by atoms with Crippen LogP contribution in [0.2, 0.25) is 0 Å². The maximum absolute atomic E-state index is 6.33. The van der Waals surface area contributed by atoms with Gasteiger partial charge in [0.15, 0.2) is 5.79 Å². The average molecular weight is 340 g/mol. The maximum atomic E-state index is 6.33. The first-order valence-electron chi connectivity index (χ1n) is 9.26. The Bertz CT molecular complexity index is 666. The molecule has 0 aromatic heterocycles. The van der Waals surface area contributed by atoms with Crippen molar-refractivity contribution in [3.05, 3.63) is 60.4 Å². The molecule has 0 bridgehead atoms. The molecule has 0 radical (unpaired) electrons. The van der Waals surface area contributed by atoms with Gasteiger partial charge in [0, 0.05) is 30.1 Å². The second kappa shape index (κ2) is 6.00. The van der Waals surface area contributed by atoms with E-state index >= 15 is 0 Å². The topological polar surface area (TPSA) is 27.7 Å². The van der Waals surface area contributed by atoms with Gasteiger partial charge in [-0.3, -0.25) is 0 Å². The van der Waals surface area contributed by atoms with Crippen LogP contribution in [0.15, 0.2) is 54.8 Å². The van der Waals surface area contributed by atoms with E-state index in [0.717, 1.165) is 38.2 Å². The second-order valence-electron chi connectivity index (χ2n) is 8.55. The van der Waals surface area contributed by atoms with E-state index in [0.29, 0.717) is 12.5 Å². The SMILES string of the molecule is C=CCOC1=C[C@]2(c3ccccc3)CC3(C[C@@H]2C1)OCC(C)(C)CO3. The van der Waals surface area contributed by atoms with Crippen LogP contribution < -0.4 is 0 Å². The molecule has 1 aromatic carbocycles. The van der Waals surface area contributed by atoms with Gasteiger partial charge in [-0.05, 0) is 17.6 Å². The van der Waals surface area contributed by atoms with Gasteiger partial charge >= 0.3 is 0 Å². The molecule has 134 valence electrons. The van der Waals surface area contributed by atoms with E-state index in [4.69, 9.17) is 14.2 Å². The zero-order valence-corrected chi connectivity index (χ0v) is 15.3. The minimum atomic E-state index is -0.448. The van der Waals surface area contributed by atoms with Crippen LogP contribution in [0.1, 0.15) is 38.7 Å². The minimum Gasteiger partial charge on any atom is -0.494 e. The number of allylic oxidation sites excluding steroid dienone is 2. The van der Waals surface area contributed by atoms with Gasteiger partial charge in [-0.25, -0.2) is 0 Å². The molecular weight excluding hydrogens is 312 g/mol. The van der Waals surface area contributed by atoms with Crippen molar-refractivity contribution in [1.29, 1.82) is 0 Å². The van der Waals surface area contributed by atoms with Gasteiger partial charge in [-0.1, -0.05) is 56.8 Å². The van der Waals surface area contributed by atoms with Crippen LogP contribution in [0, 0.1) is 11.3 Å². The molecule has 0 unspecified atom stereocenters. The van der Waals surface area contributed by atoms with Gasteiger partial charge in [-0.2, -0.15) is 0 Å². The Kier molecular flexibility index (Phi) is 4.04. The first kappa shape index (κ1) is 16.9. The molecule has 3 nitrogen and oxygen atoms in total. The van der Waals surface area contributed by atoms with E-state index in [-0.39, 0.29) is 10.8 Å². The minimum absolute atomic E-state index is 0.0563. The molecule has 2 aliphatic carbocycles. The molecule has 2 atom stereocenters. The molecule has 1 saturated heterocycles. The van der Waals surface area contributed by atoms with Crippen LogP contribution >= 0.6 is 0 Å². The number of ether oxygens (including phenoxy) is 3. The number of hydrogen-bond acceptors (Lipinski definition) is 3. The molecular formula is C22H28O3. The predicted octanol–water partition coefficient (Wildman–Crippen LogP) is 4.59. The van der Waals surface area contributed by atoms with E-state index < -0.39 is 5.79 Å². The van der Waals surface area contributed by atoms with Gasteiger partial charge in [-0.15, -0.1) is 0 Å². The summed E-state index contributed by atoms with van der Waals surface area (Å²) in [6.45, 7) is 10.2. The van der Waals surface area contributed by atoms with E-state index in [1.165, 1.54) is 5.56 Å². The van der Waals surface area contributed by atoms with Gasteiger partial charge in [0.1, 0.15) is 6.61 Å². The number of rotatable bonds is 4. The largest absolute Gasteiger partial charge is 0.494 e. The first-order chi connectivity index (χ1) is 12.0. The maximum Gasteiger partial charge on any atom is 0.169 e. The van der Waals surface area contributed by atoms with Crippen molar-refractivity contribution in [2.45, 2.75) is 44.3 Å². The highest BCUT2D eigenvalue weighted by Gasteiger charge is 2.60. The predicted molar refractivity (Wildman–Crippen MR) is 98.1 cm³/mol. The van der Waals surface area contributed by atoms with Gasteiger partial charge in [0.05, 0.1) is 19.0 Å². The molecule has 2 fully saturated rings. The molecule has 0 N–H and O–H groups in total. The highest BCUT2D eigenvalue weighted by atomic mass is 16.7. The summed E-state index contributed by atoms with van der Waals surface area (Å²) in [5.74, 6) is 1.09. The highest BCUT2D eigenvalue weighted by molar-refractivity contribution is 5.40. The van der Waals surface area contributed by atoms with Crippen LogP contribution in [0.5, 0.6) is 0 Å². The molecule has 1 aliphatic heterocycles. The molecule has 1 aromatic rings. The van der Waals surface area contributed by atoms with E-state index in [1.54, 1.807) is 6.08 Å². The summed E-state index contributed by atoms with van der Waals surface area (Å²) in [7, 11) is 0. The second-order valence-corrected chi connectivity index (χ2v) is 8.55. The van der Waals surface area contributed by atoms with Crippen LogP contribution in [-0.4, -0.2) is 25.6 Å². The molecule has 25 heavy (non-hydrogen) atoms. The van der Waals surface area contributed by atoms with E-state index in [2.05, 4.69) is 56.8 Å². The van der Waals surface area contributed by atoms with Crippen LogP contribution in [0.25, 0.3) is 0 Å². The average Bonchev–Trinajstić information content (AvgIpc) is 3.09. The third kappa shape index (κ3) is 2.94. The fraction of sp³-hybridized carbons (Fsp3) is 0.545. The van der Waals surface area contributed by atoms with Crippen molar-refractivity contribution in [3.63, 3.8) is 0 Å². The fourth-order valence-electron chi connectivity index (χ4n) is 4.63. The Labute approximate surface area is 150 Å². The Morgan fingerprint density at radius 3 is 2.60 bits per heavy atom. The lowest BCUT2D eigenvalue weighted by atomic mass is 9.75. The lowest BCUT2D eigenvalue weighted by molar-refractivity contribution is -0.297. The van der Waals surface area contributed by atoms with Crippen molar-refractivity contribution >= 4 is 0 Å². The summed E-state index contributed by atoms with van der Waals surface area (Å²) >= 11 is 0. The molecule has 1 saturated carbocycles. The first-order valence-corrected chi connectivity index (χ1v) is 9.26. The quantitative estimate of drug-likeness (QED) is 0.750. The summed E-state index contributed by atoms with van der Waals surface area (Å²) in [5, 5.41) is 0. The van der Waals surface area contributed by atoms with E-state index in [1.807, 2.05) is 0 Å². The summed E-state index contributed by atoms with van der Waals surface area (Å²) in [4.78, 5) is 0. The van der Waals surface area contributed by atoms with Crippen LogP contribution in [-0.2, 0) is 19.6 Å². The van der Waals surface area contributed by atoms with Crippen LogP contribution in [0.4, 0.5) is 0 Å². The van der Waals surface area contributed by atoms with Gasteiger partial charge < -0.3 is 14.2 Å². The smallest absolute Gasteiger partial charge is 0.169 e. The molecule has 0 amide bonds. The number of benzene rings is 1. The Hall–Kier alpha value is -1.58. The standard InChI is InChI=1S/C22H28O3/c1-4-10-23-19-11-18-12-22(24-15-20(2,3)16-25-22)14-21(18,13-19)17-8-6-5-7-9-17/h4-9,13,18H,1,10-12,14-16H2,2-3H3/t18-,21+/m0/s1. The number of hydrogen-bond donors (Lipinski definition) is 0. The Morgan fingerprint density at radius 1 is 1.20 bits per heavy atom. The molecule has 1 heterocycles. The lowest BCUT2D eigenvalue weighted by Crippen LogP contribution is -2.46. The van der Waals surface area contributed by atoms with Crippen molar-refractivity contribution < 1.29 is 14.2 Å². The summed E-state index contributed by atoms with van der Waals surface area (Å²) in [6, 6.07) is 10.8. The van der Waals surface area contributed by atoms with Crippen molar-refractivity contribution in [3.8, 4) is 0 Å². The van der Waals surface area contributed by atoms with Crippen molar-refractivity contribution in [2.75, 3.05) is 19.8 Å². The van der Waals surface area contributed by atoms with E-state index in [9.17, 15) is 0 Å². The highest BCUT2D eigenvalue weighted by Crippen LogP contribution is 2.60. The fourth-order valence-corrected chi connectivity index (χ4v) is 4.63. The Balaban J connectivity index is 1.66. The zero-order chi connectivity index (χ0) is 17.5. The molecule has 4 rings (SSSR count). The lowest BCUT2D eigenvalue weighted by Gasteiger charge is -2.42. The monoisotopic (exact) mass is 340 g/mol. The van der Waals surface area contributed by atoms with Crippen molar-refractivity contribution in [1.82, 2.24) is 0 Å². The van der Waals surface area contributed by atoms with Gasteiger partial charge in [0.25, 0.3) is 0 Å².